The van der Waals surface area contributed by atoms with Crippen molar-refractivity contribution in [2.45, 2.75) is 72.4 Å². The minimum atomic E-state index is -0.797. The second kappa shape index (κ2) is 4.52. The van der Waals surface area contributed by atoms with Gasteiger partial charge >= 0.3 is 5.97 Å². The van der Waals surface area contributed by atoms with Gasteiger partial charge in [-0.15, -0.1) is 0 Å². The van der Waals surface area contributed by atoms with Crippen LogP contribution in [-0.2, 0) is 4.79 Å². The van der Waals surface area contributed by atoms with Crippen LogP contribution in [0.4, 0.5) is 0 Å². The molecule has 0 saturated heterocycles. The van der Waals surface area contributed by atoms with Gasteiger partial charge in [-0.3, -0.25) is 9.69 Å². The van der Waals surface area contributed by atoms with Crippen LogP contribution in [0.5, 0.6) is 0 Å². The van der Waals surface area contributed by atoms with E-state index in [0.29, 0.717) is 6.04 Å². The van der Waals surface area contributed by atoms with Crippen molar-refractivity contribution in [2.24, 2.45) is 10.8 Å². The first kappa shape index (κ1) is 15.5. The van der Waals surface area contributed by atoms with E-state index in [4.69, 9.17) is 0 Å². The van der Waals surface area contributed by atoms with Gasteiger partial charge in [0.05, 0.1) is 0 Å². The molecule has 0 aromatic heterocycles. The zero-order chi connectivity index (χ0) is 14.4. The monoisotopic (exact) mass is 255 g/mol. The highest BCUT2D eigenvalue weighted by atomic mass is 16.4. The van der Waals surface area contributed by atoms with Crippen LogP contribution in [0.15, 0.2) is 0 Å². The SMILES string of the molecule is CN(C1CC(C)(C)CC(C)(C)C1)C(C)(C)C(=O)O. The first-order valence-corrected chi connectivity index (χ1v) is 6.84. The van der Waals surface area contributed by atoms with E-state index in [1.54, 1.807) is 13.8 Å². The number of hydrogen-bond donors (Lipinski definition) is 1. The fourth-order valence-corrected chi connectivity index (χ4v) is 3.67. The summed E-state index contributed by atoms with van der Waals surface area (Å²) in [6.07, 6.45) is 3.35. The van der Waals surface area contributed by atoms with Gasteiger partial charge in [-0.1, -0.05) is 27.7 Å². The molecule has 1 rings (SSSR count). The van der Waals surface area contributed by atoms with Crippen LogP contribution < -0.4 is 0 Å². The number of nitrogens with zero attached hydrogens (tertiary/aromatic N) is 1. The molecule has 0 radical (unpaired) electrons. The summed E-state index contributed by atoms with van der Waals surface area (Å²) in [4.78, 5) is 13.4. The minimum Gasteiger partial charge on any atom is -0.480 e. The van der Waals surface area contributed by atoms with Gasteiger partial charge in [0.1, 0.15) is 5.54 Å². The van der Waals surface area contributed by atoms with E-state index < -0.39 is 11.5 Å². The van der Waals surface area contributed by atoms with Crippen molar-refractivity contribution < 1.29 is 9.90 Å². The molecule has 1 aliphatic carbocycles. The van der Waals surface area contributed by atoms with E-state index >= 15 is 0 Å². The highest BCUT2D eigenvalue weighted by Gasteiger charge is 2.44. The molecule has 0 aromatic rings. The molecule has 1 fully saturated rings. The quantitative estimate of drug-likeness (QED) is 0.840. The molecule has 1 N–H and O–H groups in total. The van der Waals surface area contributed by atoms with E-state index in [0.717, 1.165) is 12.8 Å². The molecular formula is C15H29NO2. The van der Waals surface area contributed by atoms with Gasteiger partial charge < -0.3 is 5.11 Å². The first-order valence-electron chi connectivity index (χ1n) is 6.84. The highest BCUT2D eigenvalue weighted by Crippen LogP contribution is 2.47. The maximum atomic E-state index is 11.4. The Bertz CT molecular complexity index is 315. The summed E-state index contributed by atoms with van der Waals surface area (Å²) >= 11 is 0. The predicted molar refractivity (Wildman–Crippen MR) is 74.7 cm³/mol. The lowest BCUT2D eigenvalue weighted by atomic mass is 9.63. The molecular weight excluding hydrogens is 226 g/mol. The van der Waals surface area contributed by atoms with Crippen LogP contribution in [0.2, 0.25) is 0 Å². The van der Waals surface area contributed by atoms with Crippen molar-refractivity contribution in [3.8, 4) is 0 Å². The minimum absolute atomic E-state index is 0.287. The summed E-state index contributed by atoms with van der Waals surface area (Å²) in [6, 6.07) is 0.342. The van der Waals surface area contributed by atoms with E-state index in [1.807, 2.05) is 7.05 Å². The first-order chi connectivity index (χ1) is 7.87. The summed E-state index contributed by atoms with van der Waals surface area (Å²) in [7, 11) is 1.95. The summed E-state index contributed by atoms with van der Waals surface area (Å²) in [5.74, 6) is -0.744. The van der Waals surface area contributed by atoms with E-state index in [-0.39, 0.29) is 10.8 Å². The van der Waals surface area contributed by atoms with E-state index in [1.165, 1.54) is 6.42 Å². The highest BCUT2D eigenvalue weighted by molar-refractivity contribution is 5.77. The van der Waals surface area contributed by atoms with E-state index in [9.17, 15) is 9.90 Å². The summed E-state index contributed by atoms with van der Waals surface area (Å²) in [5.41, 5.74) is -0.224. The van der Waals surface area contributed by atoms with Gasteiger partial charge in [0.25, 0.3) is 0 Å². The van der Waals surface area contributed by atoms with E-state index in [2.05, 4.69) is 32.6 Å². The van der Waals surface area contributed by atoms with Crippen molar-refractivity contribution >= 4 is 5.97 Å². The second-order valence-electron chi connectivity index (χ2n) is 8.04. The van der Waals surface area contributed by atoms with Gasteiger partial charge in [0.2, 0.25) is 0 Å². The lowest BCUT2D eigenvalue weighted by Crippen LogP contribution is -2.56. The Balaban J connectivity index is 2.93. The fourth-order valence-electron chi connectivity index (χ4n) is 3.67. The van der Waals surface area contributed by atoms with Crippen LogP contribution >= 0.6 is 0 Å². The number of hydrogen-bond acceptors (Lipinski definition) is 2. The molecule has 0 spiro atoms. The van der Waals surface area contributed by atoms with Crippen LogP contribution in [0.3, 0.4) is 0 Å². The molecule has 18 heavy (non-hydrogen) atoms. The standard InChI is InChI=1S/C15H29NO2/c1-13(2)8-11(9-14(3,4)10-13)16(7)15(5,6)12(17)18/h11H,8-10H2,1-7H3,(H,17,18). The molecule has 0 aliphatic heterocycles. The summed E-state index contributed by atoms with van der Waals surface area (Å²) in [5, 5.41) is 9.36. The third-order valence-corrected chi connectivity index (χ3v) is 4.49. The fraction of sp³-hybridized carbons (Fsp3) is 0.933. The molecule has 106 valence electrons. The van der Waals surface area contributed by atoms with Crippen molar-refractivity contribution in [2.75, 3.05) is 7.05 Å². The van der Waals surface area contributed by atoms with Crippen LogP contribution in [0.1, 0.15) is 60.8 Å². The lowest BCUT2D eigenvalue weighted by molar-refractivity contribution is -0.151. The van der Waals surface area contributed by atoms with Crippen molar-refractivity contribution in [3.63, 3.8) is 0 Å². The molecule has 0 aromatic carbocycles. The smallest absolute Gasteiger partial charge is 0.323 e. The van der Waals surface area contributed by atoms with Crippen LogP contribution in [0, 0.1) is 10.8 Å². The maximum absolute atomic E-state index is 11.4. The van der Waals surface area contributed by atoms with Gasteiger partial charge in [-0.25, -0.2) is 0 Å². The van der Waals surface area contributed by atoms with Crippen molar-refractivity contribution in [1.29, 1.82) is 0 Å². The topological polar surface area (TPSA) is 40.5 Å². The molecule has 0 bridgehead atoms. The maximum Gasteiger partial charge on any atom is 0.323 e. The third kappa shape index (κ3) is 3.25. The largest absolute Gasteiger partial charge is 0.480 e. The Hall–Kier alpha value is -0.570. The molecule has 0 amide bonds. The average Bonchev–Trinajstić information content (AvgIpc) is 2.11. The van der Waals surface area contributed by atoms with Crippen LogP contribution in [-0.4, -0.2) is 34.6 Å². The normalized spacial score (nSPS) is 24.2. The Kier molecular flexibility index (Phi) is 3.89. The molecule has 0 heterocycles. The zero-order valence-corrected chi connectivity index (χ0v) is 13.0. The number of likely N-dealkylation sites (N-methyl/N-ethyl adjacent to an activating group) is 1. The van der Waals surface area contributed by atoms with Gasteiger partial charge in [0.15, 0.2) is 0 Å². The Morgan fingerprint density at radius 1 is 1.17 bits per heavy atom. The molecule has 1 saturated carbocycles. The van der Waals surface area contributed by atoms with Crippen LogP contribution in [0.25, 0.3) is 0 Å². The number of carboxylic acids is 1. The lowest BCUT2D eigenvalue weighted by Gasteiger charge is -2.50. The van der Waals surface area contributed by atoms with Crippen molar-refractivity contribution in [3.05, 3.63) is 0 Å². The predicted octanol–water partition coefficient (Wildman–Crippen LogP) is 3.39. The Morgan fingerprint density at radius 2 is 1.56 bits per heavy atom. The molecule has 3 nitrogen and oxygen atoms in total. The summed E-state index contributed by atoms with van der Waals surface area (Å²) in [6.45, 7) is 12.8. The number of carbonyl (C=O) groups is 1. The average molecular weight is 255 g/mol. The second-order valence-corrected chi connectivity index (χ2v) is 8.04. The molecule has 0 atom stereocenters. The molecule has 3 heteroatoms. The number of aliphatic carboxylic acids is 1. The number of carboxylic acid groups (broad SMARTS) is 1. The Morgan fingerprint density at radius 3 is 1.89 bits per heavy atom. The van der Waals surface area contributed by atoms with Gasteiger partial charge in [0, 0.05) is 6.04 Å². The van der Waals surface area contributed by atoms with Gasteiger partial charge in [-0.2, -0.15) is 0 Å². The Labute approximate surface area is 112 Å². The third-order valence-electron chi connectivity index (χ3n) is 4.49. The number of rotatable bonds is 3. The summed E-state index contributed by atoms with van der Waals surface area (Å²) < 4.78 is 0. The molecule has 1 aliphatic rings. The zero-order valence-electron chi connectivity index (χ0n) is 13.0. The molecule has 0 unspecified atom stereocenters. The van der Waals surface area contributed by atoms with Crippen molar-refractivity contribution in [1.82, 2.24) is 4.90 Å². The van der Waals surface area contributed by atoms with Gasteiger partial charge in [-0.05, 0) is 51.0 Å².